The Hall–Kier alpha value is -3.80. The number of nitrogens with one attached hydrogen (secondary N) is 1. The van der Waals surface area contributed by atoms with Crippen molar-refractivity contribution in [2.75, 3.05) is 5.32 Å². The van der Waals surface area contributed by atoms with Gasteiger partial charge in [-0.3, -0.25) is 14.4 Å². The molecule has 0 fully saturated rings. The largest absolute Gasteiger partial charge is 0.481 e. The van der Waals surface area contributed by atoms with Gasteiger partial charge in [-0.05, 0) is 60.4 Å². The van der Waals surface area contributed by atoms with Gasteiger partial charge in [0.1, 0.15) is 5.82 Å². The van der Waals surface area contributed by atoms with Gasteiger partial charge in [0.2, 0.25) is 0 Å². The van der Waals surface area contributed by atoms with E-state index in [1.165, 1.54) is 18.2 Å². The molecule has 3 aromatic rings. The smallest absolute Gasteiger partial charge is 0.306 e. The number of carbonyl (C=O) groups excluding carboxylic acids is 2. The van der Waals surface area contributed by atoms with Gasteiger partial charge in [-0.25, -0.2) is 4.39 Å². The second-order valence-electron chi connectivity index (χ2n) is 8.02. The van der Waals surface area contributed by atoms with Gasteiger partial charge in [-0.2, -0.15) is 0 Å². The van der Waals surface area contributed by atoms with E-state index in [4.69, 9.17) is 0 Å². The molecule has 3 aromatic carbocycles. The summed E-state index contributed by atoms with van der Waals surface area (Å²) in [4.78, 5) is 36.2. The van der Waals surface area contributed by atoms with Crippen LogP contribution in [-0.2, 0) is 4.79 Å². The van der Waals surface area contributed by atoms with Gasteiger partial charge >= 0.3 is 5.97 Å². The zero-order chi connectivity index (χ0) is 24.0. The number of aryl methyl sites for hydroxylation is 1. The summed E-state index contributed by atoms with van der Waals surface area (Å²) in [6.45, 7) is 3.51. The molecule has 2 N–H and O–H groups in total. The van der Waals surface area contributed by atoms with E-state index in [2.05, 4.69) is 5.32 Å². The minimum absolute atomic E-state index is 0.00943. The summed E-state index contributed by atoms with van der Waals surface area (Å²) < 4.78 is 13.4. The van der Waals surface area contributed by atoms with Crippen LogP contribution in [0.4, 0.5) is 10.1 Å². The molecule has 0 saturated heterocycles. The van der Waals surface area contributed by atoms with Gasteiger partial charge < -0.3 is 10.4 Å². The number of carbonyl (C=O) groups is 3. The predicted molar refractivity (Wildman–Crippen MR) is 126 cm³/mol. The number of rotatable bonds is 9. The lowest BCUT2D eigenvalue weighted by Gasteiger charge is -2.11. The van der Waals surface area contributed by atoms with E-state index in [1.54, 1.807) is 31.2 Å². The van der Waals surface area contributed by atoms with Gasteiger partial charge in [0.15, 0.2) is 5.78 Å². The first-order chi connectivity index (χ1) is 15.8. The summed E-state index contributed by atoms with van der Waals surface area (Å²) in [5.74, 6) is -2.47. The van der Waals surface area contributed by atoms with Gasteiger partial charge in [-0.15, -0.1) is 0 Å². The summed E-state index contributed by atoms with van der Waals surface area (Å²) in [6.07, 6.45) is 1.18. The number of ketones is 1. The van der Waals surface area contributed by atoms with Crippen molar-refractivity contribution in [1.29, 1.82) is 0 Å². The van der Waals surface area contributed by atoms with E-state index in [9.17, 15) is 23.9 Å². The fourth-order valence-electron chi connectivity index (χ4n) is 3.59. The third-order valence-electron chi connectivity index (χ3n) is 5.52. The van der Waals surface area contributed by atoms with E-state index in [0.717, 1.165) is 11.1 Å². The molecule has 0 aliphatic rings. The molecule has 0 heterocycles. The number of carboxylic acid groups (broad SMARTS) is 1. The molecule has 0 aromatic heterocycles. The Kier molecular flexibility index (Phi) is 7.72. The minimum Gasteiger partial charge on any atom is -0.481 e. The highest BCUT2D eigenvalue weighted by Crippen LogP contribution is 2.24. The summed E-state index contributed by atoms with van der Waals surface area (Å²) in [5, 5.41) is 12.1. The normalized spacial score (nSPS) is 11.6. The quantitative estimate of drug-likeness (QED) is 0.387. The number of amides is 1. The van der Waals surface area contributed by atoms with Crippen molar-refractivity contribution >= 4 is 23.3 Å². The average molecular weight is 448 g/mol. The zero-order valence-corrected chi connectivity index (χ0v) is 18.6. The number of halogens is 1. The first-order valence-corrected chi connectivity index (χ1v) is 10.8. The molecule has 5 nitrogen and oxygen atoms in total. The highest BCUT2D eigenvalue weighted by Gasteiger charge is 2.21. The summed E-state index contributed by atoms with van der Waals surface area (Å²) in [5.41, 5.74) is 3.67. The first kappa shape index (κ1) is 23.9. The number of benzene rings is 3. The molecule has 0 spiro atoms. The van der Waals surface area contributed by atoms with Crippen LogP contribution in [0.15, 0.2) is 66.7 Å². The maximum Gasteiger partial charge on any atom is 0.306 e. The zero-order valence-electron chi connectivity index (χ0n) is 18.6. The number of hydrogen-bond donors (Lipinski definition) is 2. The number of carboxylic acids is 1. The Bertz CT molecular complexity index is 1150. The standard InChI is InChI=1S/C27H26FNO4/c1-3-4-22(27(32)33)16-25(30)20-7-5-18(6-8-20)19-9-12-23(13-10-19)29-26(31)21-11-14-24(28)17(2)15-21/h5-15,22H,3-4,16H2,1-2H3,(H,29,31)(H,32,33). The van der Waals surface area contributed by atoms with Crippen LogP contribution >= 0.6 is 0 Å². The van der Waals surface area contributed by atoms with E-state index in [-0.39, 0.29) is 23.9 Å². The van der Waals surface area contributed by atoms with E-state index >= 15 is 0 Å². The number of anilines is 1. The van der Waals surface area contributed by atoms with Crippen LogP contribution in [0.5, 0.6) is 0 Å². The molecule has 6 heteroatoms. The Morgan fingerprint density at radius 2 is 1.48 bits per heavy atom. The summed E-state index contributed by atoms with van der Waals surface area (Å²) in [6, 6.07) is 18.5. The summed E-state index contributed by atoms with van der Waals surface area (Å²) >= 11 is 0. The van der Waals surface area contributed by atoms with Crippen LogP contribution < -0.4 is 5.32 Å². The second-order valence-corrected chi connectivity index (χ2v) is 8.02. The highest BCUT2D eigenvalue weighted by atomic mass is 19.1. The third kappa shape index (κ3) is 6.13. The van der Waals surface area contributed by atoms with Crippen molar-refractivity contribution in [3.63, 3.8) is 0 Å². The van der Waals surface area contributed by atoms with Crippen molar-refractivity contribution in [1.82, 2.24) is 0 Å². The Labute approximate surface area is 192 Å². The molecule has 33 heavy (non-hydrogen) atoms. The van der Waals surface area contributed by atoms with Crippen molar-refractivity contribution in [2.24, 2.45) is 5.92 Å². The highest BCUT2D eigenvalue weighted by molar-refractivity contribution is 6.04. The molecule has 0 bridgehead atoms. The van der Waals surface area contributed by atoms with Crippen LogP contribution in [-0.4, -0.2) is 22.8 Å². The molecule has 1 amide bonds. The van der Waals surface area contributed by atoms with Crippen LogP contribution in [0.2, 0.25) is 0 Å². The number of hydrogen-bond acceptors (Lipinski definition) is 3. The van der Waals surface area contributed by atoms with Crippen molar-refractivity contribution < 1.29 is 23.9 Å². The van der Waals surface area contributed by atoms with Crippen LogP contribution in [0.1, 0.15) is 52.5 Å². The Morgan fingerprint density at radius 3 is 2.03 bits per heavy atom. The molecule has 0 radical (unpaired) electrons. The van der Waals surface area contributed by atoms with Gasteiger partial charge in [-0.1, -0.05) is 49.7 Å². The molecule has 170 valence electrons. The lowest BCUT2D eigenvalue weighted by atomic mass is 9.93. The molecule has 0 saturated carbocycles. The third-order valence-corrected chi connectivity index (χ3v) is 5.52. The topological polar surface area (TPSA) is 83.5 Å². The molecule has 0 aliphatic heterocycles. The van der Waals surface area contributed by atoms with Crippen molar-refractivity contribution in [2.45, 2.75) is 33.1 Å². The van der Waals surface area contributed by atoms with Crippen LogP contribution in [0.3, 0.4) is 0 Å². The second kappa shape index (κ2) is 10.7. The average Bonchev–Trinajstić information content (AvgIpc) is 2.81. The van der Waals surface area contributed by atoms with Crippen molar-refractivity contribution in [3.8, 4) is 11.1 Å². The maximum atomic E-state index is 13.4. The van der Waals surface area contributed by atoms with Crippen LogP contribution in [0, 0.1) is 18.7 Å². The minimum atomic E-state index is -0.941. The summed E-state index contributed by atoms with van der Waals surface area (Å²) in [7, 11) is 0. The van der Waals surface area contributed by atoms with E-state index < -0.39 is 11.9 Å². The molecular formula is C27H26FNO4. The van der Waals surface area contributed by atoms with Crippen LogP contribution in [0.25, 0.3) is 11.1 Å². The van der Waals surface area contributed by atoms with E-state index in [1.807, 2.05) is 31.2 Å². The van der Waals surface area contributed by atoms with Gasteiger partial charge in [0.05, 0.1) is 5.92 Å². The predicted octanol–water partition coefficient (Wildman–Crippen LogP) is 6.13. The molecule has 1 atom stereocenters. The first-order valence-electron chi connectivity index (χ1n) is 10.8. The molecular weight excluding hydrogens is 421 g/mol. The van der Waals surface area contributed by atoms with Gasteiger partial charge in [0, 0.05) is 23.2 Å². The maximum absolute atomic E-state index is 13.4. The SMILES string of the molecule is CCCC(CC(=O)c1ccc(-c2ccc(NC(=O)c3ccc(F)c(C)c3)cc2)cc1)C(=O)O. The lowest BCUT2D eigenvalue weighted by molar-refractivity contribution is -0.141. The number of aliphatic carboxylic acids is 1. The molecule has 0 aliphatic carbocycles. The lowest BCUT2D eigenvalue weighted by Crippen LogP contribution is -2.17. The monoisotopic (exact) mass is 447 g/mol. The number of Topliss-reactive ketones (excluding diaryl/α,β-unsaturated/α-hetero) is 1. The molecule has 3 rings (SSSR count). The fourth-order valence-corrected chi connectivity index (χ4v) is 3.59. The fraction of sp³-hybridized carbons (Fsp3) is 0.222. The van der Waals surface area contributed by atoms with Crippen molar-refractivity contribution in [3.05, 3.63) is 89.2 Å². The Morgan fingerprint density at radius 1 is 0.909 bits per heavy atom. The van der Waals surface area contributed by atoms with E-state index in [0.29, 0.717) is 35.2 Å². The Balaban J connectivity index is 1.65. The van der Waals surface area contributed by atoms with Gasteiger partial charge in [0.25, 0.3) is 5.91 Å². The molecule has 1 unspecified atom stereocenters.